The van der Waals surface area contributed by atoms with Crippen LogP contribution >= 0.6 is 0 Å². The molecule has 2 nitrogen and oxygen atoms in total. The van der Waals surface area contributed by atoms with E-state index >= 15 is 0 Å². The molecule has 11 heavy (non-hydrogen) atoms. The predicted molar refractivity (Wildman–Crippen MR) is 50.4 cm³/mol. The van der Waals surface area contributed by atoms with E-state index in [-0.39, 0.29) is 0 Å². The molecule has 0 aliphatic rings. The van der Waals surface area contributed by atoms with Crippen LogP contribution in [0.15, 0.2) is 41.2 Å². The van der Waals surface area contributed by atoms with Crippen molar-refractivity contribution >= 4 is 6.72 Å². The number of hydrogen-bond acceptors (Lipinski definition) is 2. The van der Waals surface area contributed by atoms with Crippen LogP contribution in [0, 0.1) is 0 Å². The van der Waals surface area contributed by atoms with Crippen LogP contribution in [-0.4, -0.2) is 6.72 Å². The second-order valence-corrected chi connectivity index (χ2v) is 2.16. The molecular weight excluding hydrogens is 136 g/mol. The zero-order valence-corrected chi connectivity index (χ0v) is 7.09. The van der Waals surface area contributed by atoms with Gasteiger partial charge < -0.3 is 0 Å². The topological polar surface area (TPSA) is 24.4 Å². The first kappa shape index (κ1) is 9.69. The second kappa shape index (κ2) is 5.47. The van der Waals surface area contributed by atoms with Crippen molar-refractivity contribution in [3.8, 4) is 0 Å². The molecule has 0 fully saturated rings. The average Bonchev–Trinajstić information content (AvgIpc) is 1.97. The van der Waals surface area contributed by atoms with Crippen LogP contribution in [0.1, 0.15) is 13.8 Å². The summed E-state index contributed by atoms with van der Waals surface area (Å²) in [5.41, 5.74) is 4.57. The van der Waals surface area contributed by atoms with Crippen LogP contribution in [0.3, 0.4) is 0 Å². The first-order valence-electron chi connectivity index (χ1n) is 3.43. The first-order valence-corrected chi connectivity index (χ1v) is 3.43. The van der Waals surface area contributed by atoms with Gasteiger partial charge in [-0.3, -0.25) is 5.43 Å². The molecule has 0 aromatic rings. The van der Waals surface area contributed by atoms with E-state index in [0.29, 0.717) is 0 Å². The van der Waals surface area contributed by atoms with Gasteiger partial charge in [-0.25, -0.2) is 0 Å². The number of nitrogens with one attached hydrogen (secondary N) is 1. The van der Waals surface area contributed by atoms with Gasteiger partial charge in [-0.15, -0.1) is 0 Å². The smallest absolute Gasteiger partial charge is 0.0584 e. The van der Waals surface area contributed by atoms with Gasteiger partial charge in [-0.2, -0.15) is 5.10 Å². The molecular formula is C9H14N2. The third kappa shape index (κ3) is 4.14. The fraction of sp³-hybridized carbons (Fsp3) is 0.222. The minimum absolute atomic E-state index is 0.887. The van der Waals surface area contributed by atoms with E-state index in [2.05, 4.69) is 23.8 Å². The quantitative estimate of drug-likeness (QED) is 0.371. The molecule has 0 saturated heterocycles. The molecule has 0 saturated carbocycles. The van der Waals surface area contributed by atoms with Crippen LogP contribution in [0.5, 0.6) is 0 Å². The Balaban J connectivity index is 4.31. The van der Waals surface area contributed by atoms with Gasteiger partial charge in [-0.05, 0) is 25.5 Å². The lowest BCUT2D eigenvalue weighted by Crippen LogP contribution is -2.04. The van der Waals surface area contributed by atoms with Crippen molar-refractivity contribution in [1.29, 1.82) is 0 Å². The van der Waals surface area contributed by atoms with E-state index < -0.39 is 0 Å². The van der Waals surface area contributed by atoms with E-state index in [1.54, 1.807) is 0 Å². The molecule has 0 aromatic carbocycles. The molecule has 0 radical (unpaired) electrons. The number of hydrazone groups is 1. The maximum Gasteiger partial charge on any atom is 0.0584 e. The Bertz CT molecular complexity index is 200. The van der Waals surface area contributed by atoms with Crippen LogP contribution in [-0.2, 0) is 0 Å². The number of rotatable bonds is 4. The molecule has 2 heteroatoms. The molecule has 0 bridgehead atoms. The Hall–Kier alpha value is -1.31. The van der Waals surface area contributed by atoms with Gasteiger partial charge in [0.25, 0.3) is 0 Å². The lowest BCUT2D eigenvalue weighted by atomic mass is 10.2. The maximum absolute atomic E-state index is 3.77. The summed E-state index contributed by atoms with van der Waals surface area (Å²) < 4.78 is 0. The zero-order valence-electron chi connectivity index (χ0n) is 7.09. The number of nitrogens with zero attached hydrogens (tertiary/aromatic N) is 1. The zero-order chi connectivity index (χ0) is 8.69. The minimum Gasteiger partial charge on any atom is -0.279 e. The summed E-state index contributed by atoms with van der Waals surface area (Å²) in [6.07, 6.45) is 5.76. The number of hydrogen-bond donors (Lipinski definition) is 1. The highest BCUT2D eigenvalue weighted by Gasteiger charge is 1.91. The third-order valence-electron chi connectivity index (χ3n) is 1.11. The van der Waals surface area contributed by atoms with Gasteiger partial charge >= 0.3 is 0 Å². The monoisotopic (exact) mass is 150 g/mol. The molecule has 0 unspecified atom stereocenters. The van der Waals surface area contributed by atoms with Crippen molar-refractivity contribution < 1.29 is 0 Å². The Morgan fingerprint density at radius 1 is 1.55 bits per heavy atom. The SMILES string of the molecule is C=NN/C(=C/C=C\C)C(=C)C. The summed E-state index contributed by atoms with van der Waals surface area (Å²) in [5, 5.41) is 3.55. The van der Waals surface area contributed by atoms with Gasteiger partial charge in [0.1, 0.15) is 0 Å². The molecule has 0 heterocycles. The lowest BCUT2D eigenvalue weighted by Gasteiger charge is -2.02. The van der Waals surface area contributed by atoms with Gasteiger partial charge in [0.2, 0.25) is 0 Å². The van der Waals surface area contributed by atoms with Crippen LogP contribution in [0.4, 0.5) is 0 Å². The first-order chi connectivity index (χ1) is 5.22. The summed E-state index contributed by atoms with van der Waals surface area (Å²) >= 11 is 0. The molecule has 0 spiro atoms. The van der Waals surface area contributed by atoms with Crippen molar-refractivity contribution in [3.63, 3.8) is 0 Å². The third-order valence-corrected chi connectivity index (χ3v) is 1.11. The van der Waals surface area contributed by atoms with Gasteiger partial charge in [0.15, 0.2) is 0 Å². The van der Waals surface area contributed by atoms with Gasteiger partial charge in [0.05, 0.1) is 5.70 Å². The highest BCUT2D eigenvalue weighted by Crippen LogP contribution is 2.01. The summed E-state index contributed by atoms with van der Waals surface area (Å²) in [4.78, 5) is 0. The van der Waals surface area contributed by atoms with Crippen LogP contribution in [0.2, 0.25) is 0 Å². The lowest BCUT2D eigenvalue weighted by molar-refractivity contribution is 0.908. The molecule has 0 atom stereocenters. The van der Waals surface area contributed by atoms with Crippen LogP contribution < -0.4 is 5.43 Å². The van der Waals surface area contributed by atoms with Crippen molar-refractivity contribution in [1.82, 2.24) is 5.43 Å². The molecule has 60 valence electrons. The molecule has 0 aliphatic carbocycles. The highest BCUT2D eigenvalue weighted by molar-refractivity contribution is 5.30. The standard InChI is InChI=1S/C9H14N2/c1-5-6-7-9(8(2)3)11-10-4/h5-7,11H,2,4H2,1,3H3/b6-5-,9-7+. The number of allylic oxidation sites excluding steroid dienone is 4. The summed E-state index contributed by atoms with van der Waals surface area (Å²) in [6.45, 7) is 11.0. The van der Waals surface area contributed by atoms with Crippen molar-refractivity contribution in [2.24, 2.45) is 5.10 Å². The maximum atomic E-state index is 3.77. The summed E-state index contributed by atoms with van der Waals surface area (Å²) in [6, 6.07) is 0. The summed E-state index contributed by atoms with van der Waals surface area (Å²) in [7, 11) is 0. The summed E-state index contributed by atoms with van der Waals surface area (Å²) in [5.74, 6) is 0. The van der Waals surface area contributed by atoms with Crippen molar-refractivity contribution in [2.45, 2.75) is 13.8 Å². The van der Waals surface area contributed by atoms with Crippen molar-refractivity contribution in [3.05, 3.63) is 36.1 Å². The Kier molecular flexibility index (Phi) is 4.82. The van der Waals surface area contributed by atoms with Gasteiger partial charge in [0, 0.05) is 6.72 Å². The van der Waals surface area contributed by atoms with E-state index in [0.717, 1.165) is 11.3 Å². The highest BCUT2D eigenvalue weighted by atomic mass is 15.3. The average molecular weight is 150 g/mol. The van der Waals surface area contributed by atoms with E-state index in [4.69, 9.17) is 0 Å². The Morgan fingerprint density at radius 2 is 2.18 bits per heavy atom. The molecule has 0 amide bonds. The largest absolute Gasteiger partial charge is 0.279 e. The Labute approximate surface area is 68.0 Å². The fourth-order valence-electron chi connectivity index (χ4n) is 0.553. The molecule has 0 aliphatic heterocycles. The van der Waals surface area contributed by atoms with Crippen LogP contribution in [0.25, 0.3) is 0 Å². The fourth-order valence-corrected chi connectivity index (χ4v) is 0.553. The van der Waals surface area contributed by atoms with E-state index in [9.17, 15) is 0 Å². The van der Waals surface area contributed by atoms with Gasteiger partial charge in [-0.1, -0.05) is 18.7 Å². The molecule has 0 rings (SSSR count). The van der Waals surface area contributed by atoms with Crippen molar-refractivity contribution in [2.75, 3.05) is 0 Å². The molecule has 0 aromatic heterocycles. The normalized spacial score (nSPS) is 11.6. The second-order valence-electron chi connectivity index (χ2n) is 2.16. The molecule has 1 N–H and O–H groups in total. The Morgan fingerprint density at radius 3 is 2.55 bits per heavy atom. The predicted octanol–water partition coefficient (Wildman–Crippen LogP) is 2.23. The van der Waals surface area contributed by atoms with E-state index in [1.165, 1.54) is 0 Å². The van der Waals surface area contributed by atoms with E-state index in [1.807, 2.05) is 32.1 Å². The minimum atomic E-state index is 0.887.